The summed E-state index contributed by atoms with van der Waals surface area (Å²) >= 11 is 0. The highest BCUT2D eigenvalue weighted by atomic mass is 16.5. The molecule has 0 saturated carbocycles. The molecule has 0 aliphatic heterocycles. The molecule has 1 N–H and O–H groups in total. The van der Waals surface area contributed by atoms with Gasteiger partial charge in [-0.1, -0.05) is 12.2 Å². The third-order valence-electron chi connectivity index (χ3n) is 4.27. The average Bonchev–Trinajstić information content (AvgIpc) is 2.74. The molecule has 0 aliphatic carbocycles. The van der Waals surface area contributed by atoms with Gasteiger partial charge in [0.2, 0.25) is 17.3 Å². The maximum absolute atomic E-state index is 13.0. The Balaban J connectivity index is 2.39. The molecule has 29 heavy (non-hydrogen) atoms. The number of ketones is 1. The number of benzene rings is 2. The average molecular weight is 402 g/mol. The van der Waals surface area contributed by atoms with Crippen molar-refractivity contribution in [2.45, 2.75) is 20.0 Å². The number of phenolic OH excluding ortho intramolecular Hbond substituents is 1. The van der Waals surface area contributed by atoms with E-state index in [1.54, 1.807) is 19.1 Å². The van der Waals surface area contributed by atoms with E-state index in [0.717, 1.165) is 5.56 Å². The Kier molecular flexibility index (Phi) is 7.36. The first-order valence-electron chi connectivity index (χ1n) is 8.94. The van der Waals surface area contributed by atoms with Gasteiger partial charge in [-0.15, -0.1) is 0 Å². The first kappa shape index (κ1) is 21.9. The molecule has 1 atom stereocenters. The fraction of sp³-hybridized carbons (Fsp3) is 0.318. The van der Waals surface area contributed by atoms with Gasteiger partial charge in [-0.3, -0.25) is 4.79 Å². The minimum absolute atomic E-state index is 0.130. The Bertz CT molecular complexity index is 852. The Hall–Kier alpha value is -3.35. The molecule has 0 fully saturated rings. The monoisotopic (exact) mass is 402 g/mol. The predicted octanol–water partition coefficient (Wildman–Crippen LogP) is 4.11. The molecule has 0 heterocycles. The van der Waals surface area contributed by atoms with Crippen LogP contribution in [-0.4, -0.2) is 45.4 Å². The highest BCUT2D eigenvalue weighted by Crippen LogP contribution is 2.41. The molecule has 0 unspecified atom stereocenters. The predicted molar refractivity (Wildman–Crippen MR) is 110 cm³/mol. The number of aromatic hydroxyl groups is 1. The van der Waals surface area contributed by atoms with Crippen LogP contribution in [-0.2, 0) is 0 Å². The van der Waals surface area contributed by atoms with Crippen molar-refractivity contribution in [3.8, 4) is 34.5 Å². The van der Waals surface area contributed by atoms with Crippen molar-refractivity contribution in [1.29, 1.82) is 0 Å². The molecule has 0 amide bonds. The van der Waals surface area contributed by atoms with Crippen LogP contribution in [0.4, 0.5) is 0 Å². The Morgan fingerprint density at radius 1 is 0.897 bits per heavy atom. The van der Waals surface area contributed by atoms with Gasteiger partial charge in [-0.05, 0) is 43.7 Å². The minimum atomic E-state index is -0.871. The molecule has 0 spiro atoms. The summed E-state index contributed by atoms with van der Waals surface area (Å²) in [6, 6.07) is 6.45. The van der Waals surface area contributed by atoms with Crippen molar-refractivity contribution in [2.24, 2.45) is 0 Å². The van der Waals surface area contributed by atoms with E-state index in [-0.39, 0.29) is 28.6 Å². The Morgan fingerprint density at radius 2 is 1.38 bits per heavy atom. The minimum Gasteiger partial charge on any atom is -0.502 e. The number of carbonyl (C=O) groups is 1. The number of allylic oxidation sites excluding steroid dienone is 1. The van der Waals surface area contributed by atoms with Gasteiger partial charge in [0, 0.05) is 5.56 Å². The number of ether oxygens (including phenoxy) is 5. The molecule has 0 aliphatic rings. The van der Waals surface area contributed by atoms with Gasteiger partial charge < -0.3 is 28.8 Å². The van der Waals surface area contributed by atoms with Crippen molar-refractivity contribution in [2.75, 3.05) is 28.4 Å². The van der Waals surface area contributed by atoms with Crippen molar-refractivity contribution in [3.63, 3.8) is 0 Å². The molecule has 0 bridgehead atoms. The van der Waals surface area contributed by atoms with Crippen LogP contribution in [0.15, 0.2) is 30.3 Å². The fourth-order valence-electron chi connectivity index (χ4n) is 2.81. The number of Topliss-reactive ketones (excluding diaryl/α,β-unsaturated/α-hetero) is 1. The molecule has 0 radical (unpaired) electrons. The molecular formula is C22H26O7. The molecule has 2 aromatic carbocycles. The van der Waals surface area contributed by atoms with E-state index >= 15 is 0 Å². The number of hydrogen-bond acceptors (Lipinski definition) is 7. The maximum atomic E-state index is 13.0. The van der Waals surface area contributed by atoms with Crippen LogP contribution >= 0.6 is 0 Å². The first-order valence-corrected chi connectivity index (χ1v) is 8.94. The number of rotatable bonds is 9. The molecule has 156 valence electrons. The largest absolute Gasteiger partial charge is 0.502 e. The molecule has 2 aromatic rings. The summed E-state index contributed by atoms with van der Waals surface area (Å²) in [7, 11) is 5.82. The normalized spacial score (nSPS) is 11.8. The summed E-state index contributed by atoms with van der Waals surface area (Å²) in [5.74, 6) is 0.959. The second kappa shape index (κ2) is 9.73. The smallest absolute Gasteiger partial charge is 0.204 e. The zero-order chi connectivity index (χ0) is 21.6. The van der Waals surface area contributed by atoms with E-state index in [1.165, 1.54) is 40.6 Å². The Morgan fingerprint density at radius 3 is 1.79 bits per heavy atom. The lowest BCUT2D eigenvalue weighted by Crippen LogP contribution is -2.24. The van der Waals surface area contributed by atoms with E-state index < -0.39 is 6.10 Å². The van der Waals surface area contributed by atoms with Crippen LogP contribution in [0.25, 0.3) is 6.08 Å². The number of hydrogen-bond donors (Lipinski definition) is 1. The fourth-order valence-corrected chi connectivity index (χ4v) is 2.81. The molecular weight excluding hydrogens is 376 g/mol. The van der Waals surface area contributed by atoms with Gasteiger partial charge in [0.1, 0.15) is 0 Å². The van der Waals surface area contributed by atoms with E-state index in [4.69, 9.17) is 23.7 Å². The quantitative estimate of drug-likeness (QED) is 0.632. The SMILES string of the molecule is CC=Cc1cc(OC)c(O[C@H](C)C(=O)c2cc(OC)c(O)c(OC)c2)c(OC)c1. The van der Waals surface area contributed by atoms with E-state index in [9.17, 15) is 9.90 Å². The summed E-state index contributed by atoms with van der Waals surface area (Å²) in [5.41, 5.74) is 1.15. The van der Waals surface area contributed by atoms with Crippen molar-refractivity contribution in [1.82, 2.24) is 0 Å². The molecule has 2 rings (SSSR count). The number of phenols is 1. The highest BCUT2D eigenvalue weighted by Gasteiger charge is 2.24. The van der Waals surface area contributed by atoms with Gasteiger partial charge >= 0.3 is 0 Å². The van der Waals surface area contributed by atoms with Gasteiger partial charge in [0.05, 0.1) is 28.4 Å². The zero-order valence-electron chi connectivity index (χ0n) is 17.4. The van der Waals surface area contributed by atoms with E-state index in [0.29, 0.717) is 17.2 Å². The topological polar surface area (TPSA) is 83.5 Å². The summed E-state index contributed by atoms with van der Waals surface area (Å²) in [4.78, 5) is 13.0. The van der Waals surface area contributed by atoms with Crippen LogP contribution in [0, 0.1) is 0 Å². The van der Waals surface area contributed by atoms with Crippen molar-refractivity contribution in [3.05, 3.63) is 41.5 Å². The molecule has 0 saturated heterocycles. The standard InChI is InChI=1S/C22H26O7/c1-7-8-14-9-18(27-5)22(19(10-14)28-6)29-13(2)20(23)15-11-16(25-3)21(24)17(12-15)26-4/h7-13,24H,1-6H3/t13-/m1/s1. The van der Waals surface area contributed by atoms with Crippen molar-refractivity contribution < 1.29 is 33.6 Å². The van der Waals surface area contributed by atoms with Crippen LogP contribution in [0.5, 0.6) is 34.5 Å². The lowest BCUT2D eigenvalue weighted by Gasteiger charge is -2.20. The van der Waals surface area contributed by atoms with Crippen LogP contribution in [0.2, 0.25) is 0 Å². The van der Waals surface area contributed by atoms with E-state index in [2.05, 4.69) is 0 Å². The summed E-state index contributed by atoms with van der Waals surface area (Å²) in [5, 5.41) is 10.0. The molecule has 7 heteroatoms. The molecule has 7 nitrogen and oxygen atoms in total. The number of methoxy groups -OCH3 is 4. The third kappa shape index (κ3) is 4.74. The van der Waals surface area contributed by atoms with Gasteiger partial charge in [0.15, 0.2) is 29.1 Å². The lowest BCUT2D eigenvalue weighted by molar-refractivity contribution is 0.0808. The first-order chi connectivity index (χ1) is 13.9. The number of carbonyl (C=O) groups excluding carboxylic acids is 1. The maximum Gasteiger partial charge on any atom is 0.204 e. The second-order valence-corrected chi connectivity index (χ2v) is 6.11. The van der Waals surface area contributed by atoms with Gasteiger partial charge in [0.25, 0.3) is 0 Å². The Labute approximate surface area is 170 Å². The van der Waals surface area contributed by atoms with Crippen LogP contribution in [0.3, 0.4) is 0 Å². The van der Waals surface area contributed by atoms with Gasteiger partial charge in [-0.25, -0.2) is 0 Å². The zero-order valence-corrected chi connectivity index (χ0v) is 17.4. The van der Waals surface area contributed by atoms with Crippen LogP contribution in [0.1, 0.15) is 29.8 Å². The van der Waals surface area contributed by atoms with Crippen LogP contribution < -0.4 is 23.7 Å². The van der Waals surface area contributed by atoms with E-state index in [1.807, 2.05) is 19.1 Å². The summed E-state index contributed by atoms with van der Waals surface area (Å²) < 4.78 is 27.0. The van der Waals surface area contributed by atoms with Gasteiger partial charge in [-0.2, -0.15) is 0 Å². The second-order valence-electron chi connectivity index (χ2n) is 6.11. The summed E-state index contributed by atoms with van der Waals surface area (Å²) in [6.45, 7) is 3.52. The third-order valence-corrected chi connectivity index (χ3v) is 4.27. The molecule has 0 aromatic heterocycles. The highest BCUT2D eigenvalue weighted by molar-refractivity contribution is 6.00. The van der Waals surface area contributed by atoms with Crippen molar-refractivity contribution >= 4 is 11.9 Å². The lowest BCUT2D eigenvalue weighted by atomic mass is 10.1. The summed E-state index contributed by atoms with van der Waals surface area (Å²) in [6.07, 6.45) is 2.93.